The van der Waals surface area contributed by atoms with Crippen molar-refractivity contribution in [2.75, 3.05) is 18.4 Å². The summed E-state index contributed by atoms with van der Waals surface area (Å²) in [5.74, 6) is 0.709. The molecule has 1 fully saturated rings. The highest BCUT2D eigenvalue weighted by molar-refractivity contribution is 5.89. The summed E-state index contributed by atoms with van der Waals surface area (Å²) in [6, 6.07) is -0.571. The van der Waals surface area contributed by atoms with Crippen LogP contribution in [0.5, 0.6) is 0 Å². The van der Waals surface area contributed by atoms with Gasteiger partial charge in [0.25, 0.3) is 0 Å². The lowest BCUT2D eigenvalue weighted by molar-refractivity contribution is 0.103. The van der Waals surface area contributed by atoms with Crippen LogP contribution in [0.3, 0.4) is 0 Å². The number of hydrogen-bond acceptors (Lipinski definition) is 4. The zero-order chi connectivity index (χ0) is 14.7. The van der Waals surface area contributed by atoms with Crippen molar-refractivity contribution < 1.29 is 9.90 Å². The predicted octanol–water partition coefficient (Wildman–Crippen LogP) is 0.135. The van der Waals surface area contributed by atoms with E-state index in [1.165, 1.54) is 0 Å². The van der Waals surface area contributed by atoms with Crippen LogP contribution >= 0.6 is 0 Å². The van der Waals surface area contributed by atoms with Crippen LogP contribution in [0.1, 0.15) is 24.6 Å². The van der Waals surface area contributed by atoms with E-state index in [1.54, 1.807) is 11.7 Å². The third-order valence-corrected chi connectivity index (χ3v) is 3.69. The first-order valence-corrected chi connectivity index (χ1v) is 7.01. The minimum absolute atomic E-state index is 0.261. The first-order valence-electron chi connectivity index (χ1n) is 7.01. The van der Waals surface area contributed by atoms with Crippen molar-refractivity contribution in [1.29, 1.82) is 0 Å². The van der Waals surface area contributed by atoms with Gasteiger partial charge in [0.15, 0.2) is 0 Å². The number of aromatic nitrogens is 2. The van der Waals surface area contributed by atoms with Crippen LogP contribution in [0.15, 0.2) is 0 Å². The molecule has 4 N–H and O–H groups in total. The van der Waals surface area contributed by atoms with Crippen LogP contribution in [0.2, 0.25) is 0 Å². The monoisotopic (exact) mass is 281 g/mol. The Morgan fingerprint density at radius 1 is 1.60 bits per heavy atom. The third-order valence-electron chi connectivity index (χ3n) is 3.69. The molecule has 0 unspecified atom stereocenters. The Balaban J connectivity index is 2.01. The molecular formula is C13H23N5O2. The Hall–Kier alpha value is -1.60. The minimum Gasteiger partial charge on any atom is -0.391 e. The molecule has 0 spiro atoms. The first-order chi connectivity index (χ1) is 9.52. The number of aliphatic hydroxyl groups excluding tert-OH is 1. The molecule has 1 aliphatic rings. The summed E-state index contributed by atoms with van der Waals surface area (Å²) in [6.45, 7) is 5.32. The van der Waals surface area contributed by atoms with Crippen molar-refractivity contribution in [2.45, 2.75) is 38.8 Å². The SMILES string of the molecule is CCc1c(C)nn(C)c1NC(=O)N[C@@H]1CNCC[C@H]1O. The topological polar surface area (TPSA) is 91.2 Å². The Kier molecular flexibility index (Phi) is 4.61. The molecule has 1 saturated heterocycles. The van der Waals surface area contributed by atoms with E-state index in [2.05, 4.69) is 21.0 Å². The number of carbonyl (C=O) groups is 1. The van der Waals surface area contributed by atoms with Crippen LogP contribution in [-0.4, -0.2) is 46.2 Å². The van der Waals surface area contributed by atoms with Gasteiger partial charge < -0.3 is 15.7 Å². The summed E-state index contributed by atoms with van der Waals surface area (Å²) >= 11 is 0. The number of nitrogens with one attached hydrogen (secondary N) is 3. The van der Waals surface area contributed by atoms with Crippen LogP contribution in [0.4, 0.5) is 10.6 Å². The molecule has 2 amide bonds. The van der Waals surface area contributed by atoms with Crippen molar-refractivity contribution in [3.63, 3.8) is 0 Å². The van der Waals surface area contributed by atoms with Gasteiger partial charge in [0, 0.05) is 19.2 Å². The molecule has 0 aliphatic carbocycles. The van der Waals surface area contributed by atoms with Gasteiger partial charge in [0.05, 0.1) is 17.8 Å². The lowest BCUT2D eigenvalue weighted by atomic mass is 10.0. The van der Waals surface area contributed by atoms with Gasteiger partial charge >= 0.3 is 6.03 Å². The molecule has 2 heterocycles. The molecule has 20 heavy (non-hydrogen) atoms. The molecule has 112 valence electrons. The number of hydrogen-bond donors (Lipinski definition) is 4. The Morgan fingerprint density at radius 2 is 2.35 bits per heavy atom. The van der Waals surface area contributed by atoms with Gasteiger partial charge in [-0.25, -0.2) is 4.79 Å². The number of aliphatic hydroxyl groups is 1. The number of piperidine rings is 1. The number of carbonyl (C=O) groups excluding carboxylic acids is 1. The van der Waals surface area contributed by atoms with E-state index in [0.717, 1.165) is 24.2 Å². The second kappa shape index (κ2) is 6.23. The summed E-state index contributed by atoms with van der Waals surface area (Å²) in [7, 11) is 1.80. The van der Waals surface area contributed by atoms with Crippen molar-refractivity contribution in [2.24, 2.45) is 7.05 Å². The fourth-order valence-corrected chi connectivity index (χ4v) is 2.59. The molecule has 1 aromatic heterocycles. The molecule has 0 radical (unpaired) electrons. The lowest BCUT2D eigenvalue weighted by Gasteiger charge is -2.29. The molecule has 1 aliphatic heterocycles. The van der Waals surface area contributed by atoms with Gasteiger partial charge in [0.2, 0.25) is 0 Å². The Morgan fingerprint density at radius 3 is 3.00 bits per heavy atom. The maximum atomic E-state index is 12.1. The average Bonchev–Trinajstić information content (AvgIpc) is 2.66. The number of anilines is 1. The van der Waals surface area contributed by atoms with Gasteiger partial charge in [-0.2, -0.15) is 5.10 Å². The molecule has 0 aromatic carbocycles. The molecule has 1 aromatic rings. The van der Waals surface area contributed by atoms with Gasteiger partial charge in [-0.3, -0.25) is 10.00 Å². The molecule has 0 saturated carbocycles. The summed E-state index contributed by atoms with van der Waals surface area (Å²) in [4.78, 5) is 12.1. The van der Waals surface area contributed by atoms with Crippen molar-refractivity contribution in [1.82, 2.24) is 20.4 Å². The summed E-state index contributed by atoms with van der Waals surface area (Å²) in [5, 5.41) is 22.9. The second-order valence-corrected chi connectivity index (χ2v) is 5.15. The highest BCUT2D eigenvalue weighted by Crippen LogP contribution is 2.19. The average molecular weight is 281 g/mol. The number of aryl methyl sites for hydroxylation is 2. The van der Waals surface area contributed by atoms with Crippen LogP contribution in [0, 0.1) is 6.92 Å². The van der Waals surface area contributed by atoms with E-state index in [-0.39, 0.29) is 12.1 Å². The molecule has 2 rings (SSSR count). The van der Waals surface area contributed by atoms with Crippen LogP contribution < -0.4 is 16.0 Å². The van der Waals surface area contributed by atoms with E-state index in [1.807, 2.05) is 13.8 Å². The number of nitrogens with zero attached hydrogens (tertiary/aromatic N) is 2. The fourth-order valence-electron chi connectivity index (χ4n) is 2.59. The van der Waals surface area contributed by atoms with Gasteiger partial charge in [0.1, 0.15) is 5.82 Å². The number of rotatable bonds is 3. The maximum absolute atomic E-state index is 12.1. The first kappa shape index (κ1) is 14.8. The van der Waals surface area contributed by atoms with E-state index in [9.17, 15) is 9.90 Å². The molecule has 2 atom stereocenters. The van der Waals surface area contributed by atoms with Gasteiger partial charge in [-0.1, -0.05) is 6.92 Å². The summed E-state index contributed by atoms with van der Waals surface area (Å²) < 4.78 is 1.67. The zero-order valence-corrected chi connectivity index (χ0v) is 12.2. The minimum atomic E-state index is -0.499. The van der Waals surface area contributed by atoms with Crippen LogP contribution in [-0.2, 0) is 13.5 Å². The van der Waals surface area contributed by atoms with Gasteiger partial charge in [-0.15, -0.1) is 0 Å². The third kappa shape index (κ3) is 3.10. The quantitative estimate of drug-likeness (QED) is 0.634. The summed E-state index contributed by atoms with van der Waals surface area (Å²) in [5.41, 5.74) is 1.95. The fraction of sp³-hybridized carbons (Fsp3) is 0.692. The Labute approximate surface area is 118 Å². The van der Waals surface area contributed by atoms with Crippen molar-refractivity contribution in [3.8, 4) is 0 Å². The zero-order valence-electron chi connectivity index (χ0n) is 12.2. The normalized spacial score (nSPS) is 22.6. The molecular weight excluding hydrogens is 258 g/mol. The largest absolute Gasteiger partial charge is 0.391 e. The second-order valence-electron chi connectivity index (χ2n) is 5.15. The number of amides is 2. The van der Waals surface area contributed by atoms with E-state index < -0.39 is 6.10 Å². The van der Waals surface area contributed by atoms with E-state index in [0.29, 0.717) is 18.8 Å². The molecule has 7 heteroatoms. The maximum Gasteiger partial charge on any atom is 0.320 e. The molecule has 0 bridgehead atoms. The number of urea groups is 1. The van der Waals surface area contributed by atoms with Crippen molar-refractivity contribution >= 4 is 11.8 Å². The van der Waals surface area contributed by atoms with Crippen molar-refractivity contribution in [3.05, 3.63) is 11.3 Å². The van der Waals surface area contributed by atoms with Gasteiger partial charge in [-0.05, 0) is 26.3 Å². The van der Waals surface area contributed by atoms with Crippen LogP contribution in [0.25, 0.3) is 0 Å². The highest BCUT2D eigenvalue weighted by Gasteiger charge is 2.25. The lowest BCUT2D eigenvalue weighted by Crippen LogP contribution is -2.54. The smallest absolute Gasteiger partial charge is 0.320 e. The predicted molar refractivity (Wildman–Crippen MR) is 76.8 cm³/mol. The standard InChI is InChI=1S/C13H23N5O2/c1-4-9-8(2)17-18(3)12(9)16-13(20)15-10-7-14-6-5-11(10)19/h10-11,14,19H,4-7H2,1-3H3,(H2,15,16,20)/t10-,11-/m1/s1. The molecule has 7 nitrogen and oxygen atoms in total. The highest BCUT2D eigenvalue weighted by atomic mass is 16.3. The van der Waals surface area contributed by atoms with E-state index >= 15 is 0 Å². The summed E-state index contributed by atoms with van der Waals surface area (Å²) in [6.07, 6.45) is 0.958. The Bertz CT molecular complexity index is 485. The van der Waals surface area contributed by atoms with E-state index in [4.69, 9.17) is 0 Å².